The average molecular weight is 296 g/mol. The van der Waals surface area contributed by atoms with E-state index in [1.807, 2.05) is 0 Å². The lowest BCUT2D eigenvalue weighted by Crippen LogP contribution is -2.20. The van der Waals surface area contributed by atoms with Crippen molar-refractivity contribution in [3.05, 3.63) is 69.2 Å². The van der Waals surface area contributed by atoms with Gasteiger partial charge in [-0.15, -0.1) is 0 Å². The van der Waals surface area contributed by atoms with Crippen LogP contribution >= 0.6 is 11.6 Å². The highest BCUT2D eigenvalue weighted by Gasteiger charge is 2.20. The topological polar surface area (TPSA) is 12.0 Å². The maximum absolute atomic E-state index is 14.3. The summed E-state index contributed by atoms with van der Waals surface area (Å²) in [4.78, 5) is 0. The van der Waals surface area contributed by atoms with Gasteiger partial charge in [0.15, 0.2) is 0 Å². The predicted molar refractivity (Wildman–Crippen MR) is 78.2 cm³/mol. The molecule has 0 fully saturated rings. The van der Waals surface area contributed by atoms with Crippen molar-refractivity contribution < 1.29 is 8.78 Å². The summed E-state index contributed by atoms with van der Waals surface area (Å²) in [6.45, 7) is 3.37. The normalized spacial score (nSPS) is 12.5. The van der Waals surface area contributed by atoms with E-state index in [0.29, 0.717) is 22.3 Å². The summed E-state index contributed by atoms with van der Waals surface area (Å²) < 4.78 is 27.8. The Morgan fingerprint density at radius 2 is 1.75 bits per heavy atom. The summed E-state index contributed by atoms with van der Waals surface area (Å²) in [7, 11) is 1.72. The lowest BCUT2D eigenvalue weighted by Gasteiger charge is -2.20. The minimum absolute atomic E-state index is 0.273. The van der Waals surface area contributed by atoms with Gasteiger partial charge in [-0.1, -0.05) is 29.8 Å². The lowest BCUT2D eigenvalue weighted by molar-refractivity contribution is 0.567. The molecule has 1 nitrogen and oxygen atoms in total. The third kappa shape index (κ3) is 2.69. The molecule has 0 heterocycles. The van der Waals surface area contributed by atoms with Crippen LogP contribution < -0.4 is 5.32 Å². The van der Waals surface area contributed by atoms with Crippen LogP contribution in [0.25, 0.3) is 0 Å². The van der Waals surface area contributed by atoms with Gasteiger partial charge in [0.05, 0.1) is 6.04 Å². The number of halogens is 3. The van der Waals surface area contributed by atoms with E-state index in [1.165, 1.54) is 6.07 Å². The average Bonchev–Trinajstić information content (AvgIpc) is 2.41. The van der Waals surface area contributed by atoms with E-state index in [4.69, 9.17) is 11.6 Å². The highest BCUT2D eigenvalue weighted by atomic mass is 35.5. The van der Waals surface area contributed by atoms with Gasteiger partial charge in [0.1, 0.15) is 11.6 Å². The van der Waals surface area contributed by atoms with Gasteiger partial charge in [0.25, 0.3) is 0 Å². The summed E-state index contributed by atoms with van der Waals surface area (Å²) in [5.74, 6) is -0.636. The van der Waals surface area contributed by atoms with Crippen LogP contribution in [-0.2, 0) is 0 Å². The SMILES string of the molecule is CNC(c1cc(C)c(F)cc1Cl)c1cccc(C)c1F. The smallest absolute Gasteiger partial charge is 0.131 e. The van der Waals surface area contributed by atoms with Crippen LogP contribution in [0, 0.1) is 25.5 Å². The Hall–Kier alpha value is -1.45. The maximum Gasteiger partial charge on any atom is 0.131 e. The molecule has 0 spiro atoms. The Labute approximate surface area is 122 Å². The van der Waals surface area contributed by atoms with Gasteiger partial charge >= 0.3 is 0 Å². The van der Waals surface area contributed by atoms with Crippen LogP contribution in [-0.4, -0.2) is 7.05 Å². The molecule has 0 bridgehead atoms. The monoisotopic (exact) mass is 295 g/mol. The maximum atomic E-state index is 14.3. The van der Waals surface area contributed by atoms with Crippen molar-refractivity contribution in [3.8, 4) is 0 Å². The molecular weight excluding hydrogens is 280 g/mol. The van der Waals surface area contributed by atoms with Crippen LogP contribution in [0.4, 0.5) is 8.78 Å². The number of rotatable bonds is 3. The second-order valence-corrected chi connectivity index (χ2v) is 5.23. The van der Waals surface area contributed by atoms with Gasteiger partial charge in [-0.3, -0.25) is 0 Å². The van der Waals surface area contributed by atoms with Gasteiger partial charge in [-0.05, 0) is 49.7 Å². The van der Waals surface area contributed by atoms with E-state index >= 15 is 0 Å². The molecule has 0 radical (unpaired) electrons. The second-order valence-electron chi connectivity index (χ2n) is 4.82. The molecule has 2 aromatic carbocycles. The largest absolute Gasteiger partial charge is 0.309 e. The molecule has 0 aliphatic rings. The zero-order valence-corrected chi connectivity index (χ0v) is 12.4. The minimum Gasteiger partial charge on any atom is -0.309 e. The molecule has 0 saturated carbocycles. The van der Waals surface area contributed by atoms with Crippen molar-refractivity contribution in [2.24, 2.45) is 0 Å². The first-order chi connectivity index (χ1) is 9.45. The first-order valence-corrected chi connectivity index (χ1v) is 6.71. The first-order valence-electron chi connectivity index (χ1n) is 6.33. The van der Waals surface area contributed by atoms with E-state index in [9.17, 15) is 8.78 Å². The minimum atomic E-state index is -0.415. The number of hydrogen-bond donors (Lipinski definition) is 1. The van der Waals surface area contributed by atoms with Gasteiger partial charge in [0, 0.05) is 10.6 Å². The molecule has 20 heavy (non-hydrogen) atoms. The molecule has 0 aliphatic carbocycles. The molecule has 1 N–H and O–H groups in total. The second kappa shape index (κ2) is 5.90. The lowest BCUT2D eigenvalue weighted by atomic mass is 9.95. The molecule has 1 atom stereocenters. The molecular formula is C16H16ClF2N. The van der Waals surface area contributed by atoms with Crippen molar-refractivity contribution in [2.75, 3.05) is 7.05 Å². The van der Waals surface area contributed by atoms with Crippen molar-refractivity contribution >= 4 is 11.6 Å². The molecule has 106 valence electrons. The third-order valence-electron chi connectivity index (χ3n) is 3.41. The van der Waals surface area contributed by atoms with Gasteiger partial charge in [-0.2, -0.15) is 0 Å². The summed E-state index contributed by atoms with van der Waals surface area (Å²) in [5.41, 5.74) is 2.22. The van der Waals surface area contributed by atoms with Gasteiger partial charge < -0.3 is 5.32 Å². The van der Waals surface area contributed by atoms with E-state index in [0.717, 1.165) is 0 Å². The Morgan fingerprint density at radius 3 is 2.40 bits per heavy atom. The van der Waals surface area contributed by atoms with Crippen molar-refractivity contribution in [1.29, 1.82) is 0 Å². The van der Waals surface area contributed by atoms with Crippen LogP contribution in [0.15, 0.2) is 30.3 Å². The molecule has 0 aromatic heterocycles. The fourth-order valence-corrected chi connectivity index (χ4v) is 2.53. The molecule has 2 aromatic rings. The number of benzene rings is 2. The van der Waals surface area contributed by atoms with Gasteiger partial charge in [-0.25, -0.2) is 8.78 Å². The number of nitrogens with one attached hydrogen (secondary N) is 1. The van der Waals surface area contributed by atoms with E-state index in [2.05, 4.69) is 5.32 Å². The van der Waals surface area contributed by atoms with Crippen LogP contribution in [0.5, 0.6) is 0 Å². The molecule has 0 amide bonds. The third-order valence-corrected chi connectivity index (χ3v) is 3.74. The molecule has 0 aliphatic heterocycles. The molecule has 1 unspecified atom stereocenters. The van der Waals surface area contributed by atoms with Crippen molar-refractivity contribution in [3.63, 3.8) is 0 Å². The highest BCUT2D eigenvalue weighted by molar-refractivity contribution is 6.31. The zero-order valence-electron chi connectivity index (χ0n) is 11.6. The first kappa shape index (κ1) is 14.9. The van der Waals surface area contributed by atoms with Crippen LogP contribution in [0.3, 0.4) is 0 Å². The Bertz CT molecular complexity index is 641. The van der Waals surface area contributed by atoms with Crippen molar-refractivity contribution in [2.45, 2.75) is 19.9 Å². The fourth-order valence-electron chi connectivity index (χ4n) is 2.27. The van der Waals surface area contributed by atoms with Crippen LogP contribution in [0.2, 0.25) is 5.02 Å². The number of aryl methyl sites for hydroxylation is 2. The highest BCUT2D eigenvalue weighted by Crippen LogP contribution is 2.32. The Kier molecular flexibility index (Phi) is 4.41. The van der Waals surface area contributed by atoms with E-state index in [-0.39, 0.29) is 16.7 Å². The molecule has 4 heteroatoms. The summed E-state index contributed by atoms with van der Waals surface area (Å²) in [5, 5.41) is 3.33. The van der Waals surface area contributed by atoms with Crippen LogP contribution in [0.1, 0.15) is 28.3 Å². The van der Waals surface area contributed by atoms with Crippen molar-refractivity contribution in [1.82, 2.24) is 5.32 Å². The summed E-state index contributed by atoms with van der Waals surface area (Å²) >= 11 is 6.11. The molecule has 0 saturated heterocycles. The number of hydrogen-bond acceptors (Lipinski definition) is 1. The summed E-state index contributed by atoms with van der Waals surface area (Å²) in [6.07, 6.45) is 0. The predicted octanol–water partition coefficient (Wildman–Crippen LogP) is 4.54. The quantitative estimate of drug-likeness (QED) is 0.876. The van der Waals surface area contributed by atoms with E-state index in [1.54, 1.807) is 45.2 Å². The zero-order chi connectivity index (χ0) is 14.9. The Balaban J connectivity index is 2.58. The standard InChI is InChI=1S/C16H16ClF2N/c1-9-5-4-6-11(15(9)19)16(20-3)12-7-10(2)14(18)8-13(12)17/h4-8,16,20H,1-3H3. The Morgan fingerprint density at radius 1 is 1.05 bits per heavy atom. The molecule has 2 rings (SSSR count). The van der Waals surface area contributed by atoms with Gasteiger partial charge in [0.2, 0.25) is 0 Å². The summed E-state index contributed by atoms with van der Waals surface area (Å²) in [6, 6.07) is 7.72. The fraction of sp³-hybridized carbons (Fsp3) is 0.250. The van der Waals surface area contributed by atoms with E-state index < -0.39 is 6.04 Å².